The van der Waals surface area contributed by atoms with Gasteiger partial charge >= 0.3 is 0 Å². The van der Waals surface area contributed by atoms with Crippen molar-refractivity contribution < 1.29 is 24.5 Å². The maximum Gasteiger partial charge on any atom is 0.223 e. The SMILES string of the molecule is COCC1CCCN1C1C(CNC(=O)C2CCCC2)OC(CO)C1O. The highest BCUT2D eigenvalue weighted by molar-refractivity contribution is 5.78. The number of rotatable bonds is 7. The van der Waals surface area contributed by atoms with E-state index in [1.165, 1.54) is 0 Å². The van der Waals surface area contributed by atoms with Crippen molar-refractivity contribution in [3.8, 4) is 0 Å². The third-order valence-electron chi connectivity index (χ3n) is 6.01. The normalized spacial score (nSPS) is 37.0. The van der Waals surface area contributed by atoms with Crippen LogP contribution in [0.4, 0.5) is 0 Å². The van der Waals surface area contributed by atoms with Crippen molar-refractivity contribution in [2.75, 3.05) is 33.4 Å². The molecule has 25 heavy (non-hydrogen) atoms. The Hall–Kier alpha value is -0.730. The summed E-state index contributed by atoms with van der Waals surface area (Å²) in [5.74, 6) is 0.211. The first-order valence-corrected chi connectivity index (χ1v) is 9.62. The number of amides is 1. The Kier molecular flexibility index (Phi) is 6.68. The standard InChI is InChI=1S/C18H32N2O5/c1-24-11-13-7-4-8-20(13)16-14(25-15(10-21)17(16)22)9-19-18(23)12-5-2-3-6-12/h12-17,21-22H,2-11H2,1H3,(H,19,23). The van der Waals surface area contributed by atoms with Crippen LogP contribution in [0.5, 0.6) is 0 Å². The predicted octanol–water partition coefficient (Wildman–Crippen LogP) is -0.107. The molecule has 3 aliphatic rings. The average Bonchev–Trinajstić information content (AvgIpc) is 3.33. The molecule has 3 rings (SSSR count). The number of carbonyl (C=O) groups excluding carboxylic acids is 1. The summed E-state index contributed by atoms with van der Waals surface area (Å²) in [6.45, 7) is 1.66. The van der Waals surface area contributed by atoms with Crippen LogP contribution in [0.15, 0.2) is 0 Å². The first-order chi connectivity index (χ1) is 12.2. The Labute approximate surface area is 149 Å². The molecule has 1 saturated carbocycles. The van der Waals surface area contributed by atoms with E-state index in [0.29, 0.717) is 13.2 Å². The van der Waals surface area contributed by atoms with E-state index in [0.717, 1.165) is 45.1 Å². The first-order valence-electron chi connectivity index (χ1n) is 9.62. The third kappa shape index (κ3) is 4.17. The monoisotopic (exact) mass is 356 g/mol. The molecule has 2 saturated heterocycles. The van der Waals surface area contributed by atoms with Crippen molar-refractivity contribution in [3.63, 3.8) is 0 Å². The average molecular weight is 356 g/mol. The molecule has 0 radical (unpaired) electrons. The summed E-state index contributed by atoms with van der Waals surface area (Å²) < 4.78 is 11.2. The summed E-state index contributed by atoms with van der Waals surface area (Å²) in [7, 11) is 1.69. The lowest BCUT2D eigenvalue weighted by molar-refractivity contribution is -0.125. The van der Waals surface area contributed by atoms with Crippen molar-refractivity contribution in [2.24, 2.45) is 5.92 Å². The minimum atomic E-state index is -0.754. The van der Waals surface area contributed by atoms with Crippen molar-refractivity contribution in [3.05, 3.63) is 0 Å². The Morgan fingerprint density at radius 1 is 1.24 bits per heavy atom. The molecule has 7 heteroatoms. The van der Waals surface area contributed by atoms with Crippen LogP contribution in [0.25, 0.3) is 0 Å². The highest BCUT2D eigenvalue weighted by Crippen LogP contribution is 2.31. The van der Waals surface area contributed by atoms with Gasteiger partial charge in [-0.2, -0.15) is 0 Å². The molecule has 2 aliphatic heterocycles. The van der Waals surface area contributed by atoms with Gasteiger partial charge in [0, 0.05) is 25.6 Å². The van der Waals surface area contributed by atoms with Crippen LogP contribution in [0.1, 0.15) is 38.5 Å². The Balaban J connectivity index is 1.63. The molecule has 5 atom stereocenters. The second-order valence-corrected chi connectivity index (χ2v) is 7.59. The van der Waals surface area contributed by atoms with E-state index >= 15 is 0 Å². The third-order valence-corrected chi connectivity index (χ3v) is 6.01. The van der Waals surface area contributed by atoms with Gasteiger partial charge in [0.15, 0.2) is 0 Å². The Bertz CT molecular complexity index is 443. The summed E-state index contributed by atoms with van der Waals surface area (Å²) in [5, 5.41) is 23.2. The van der Waals surface area contributed by atoms with Crippen LogP contribution in [0.2, 0.25) is 0 Å². The smallest absolute Gasteiger partial charge is 0.223 e. The second-order valence-electron chi connectivity index (χ2n) is 7.59. The number of carbonyl (C=O) groups is 1. The topological polar surface area (TPSA) is 91.3 Å². The summed E-state index contributed by atoms with van der Waals surface area (Å²) in [6, 6.07) is 0.0300. The van der Waals surface area contributed by atoms with Crippen LogP contribution < -0.4 is 5.32 Å². The van der Waals surface area contributed by atoms with Gasteiger partial charge in [-0.15, -0.1) is 0 Å². The fraction of sp³-hybridized carbons (Fsp3) is 0.944. The fourth-order valence-corrected chi connectivity index (χ4v) is 4.71. The molecule has 0 aromatic rings. The zero-order valence-corrected chi connectivity index (χ0v) is 15.1. The molecule has 3 N–H and O–H groups in total. The number of aliphatic hydroxyl groups is 2. The van der Waals surface area contributed by atoms with Gasteiger partial charge in [0.1, 0.15) is 12.2 Å². The maximum atomic E-state index is 12.3. The quantitative estimate of drug-likeness (QED) is 0.590. The molecule has 7 nitrogen and oxygen atoms in total. The minimum Gasteiger partial charge on any atom is -0.394 e. The molecule has 1 aliphatic carbocycles. The van der Waals surface area contributed by atoms with E-state index in [4.69, 9.17) is 9.47 Å². The number of nitrogens with zero attached hydrogens (tertiary/aromatic N) is 1. The summed E-state index contributed by atoms with van der Waals surface area (Å²) in [5.41, 5.74) is 0. The summed E-state index contributed by atoms with van der Waals surface area (Å²) in [4.78, 5) is 14.6. The summed E-state index contributed by atoms with van der Waals surface area (Å²) >= 11 is 0. The van der Waals surface area contributed by atoms with E-state index < -0.39 is 12.2 Å². The van der Waals surface area contributed by atoms with Gasteiger partial charge in [-0.25, -0.2) is 0 Å². The van der Waals surface area contributed by atoms with E-state index in [9.17, 15) is 15.0 Å². The van der Waals surface area contributed by atoms with E-state index in [2.05, 4.69) is 10.2 Å². The molecule has 5 unspecified atom stereocenters. The molecular formula is C18H32N2O5. The van der Waals surface area contributed by atoms with Gasteiger partial charge in [0.25, 0.3) is 0 Å². The number of hydrogen-bond donors (Lipinski definition) is 3. The molecule has 0 spiro atoms. The van der Waals surface area contributed by atoms with Gasteiger partial charge in [-0.1, -0.05) is 12.8 Å². The number of likely N-dealkylation sites (tertiary alicyclic amines) is 1. The van der Waals surface area contributed by atoms with Crippen molar-refractivity contribution in [1.29, 1.82) is 0 Å². The fourth-order valence-electron chi connectivity index (χ4n) is 4.71. The molecule has 0 aromatic carbocycles. The number of methoxy groups -OCH3 is 1. The van der Waals surface area contributed by atoms with Crippen LogP contribution in [0.3, 0.4) is 0 Å². The van der Waals surface area contributed by atoms with Gasteiger partial charge in [0.05, 0.1) is 25.4 Å². The summed E-state index contributed by atoms with van der Waals surface area (Å²) in [6.07, 6.45) is 4.60. The lowest BCUT2D eigenvalue weighted by atomic mass is 10.0. The second kappa shape index (κ2) is 8.77. The Morgan fingerprint density at radius 3 is 2.68 bits per heavy atom. The van der Waals surface area contributed by atoms with Gasteiger partial charge in [-0.05, 0) is 32.2 Å². The number of ether oxygens (including phenoxy) is 2. The maximum absolute atomic E-state index is 12.3. The first kappa shape index (κ1) is 19.0. The lowest BCUT2D eigenvalue weighted by Gasteiger charge is -2.34. The van der Waals surface area contributed by atoms with Crippen molar-refractivity contribution in [1.82, 2.24) is 10.2 Å². The zero-order chi connectivity index (χ0) is 17.8. The van der Waals surface area contributed by atoms with Crippen LogP contribution in [-0.4, -0.2) is 84.8 Å². The predicted molar refractivity (Wildman–Crippen MR) is 92.1 cm³/mol. The van der Waals surface area contributed by atoms with Crippen molar-refractivity contribution in [2.45, 2.75) is 68.9 Å². The largest absolute Gasteiger partial charge is 0.394 e. The number of hydrogen-bond acceptors (Lipinski definition) is 6. The molecule has 0 aromatic heterocycles. The highest BCUT2D eigenvalue weighted by Gasteiger charge is 2.48. The lowest BCUT2D eigenvalue weighted by Crippen LogP contribution is -2.53. The Morgan fingerprint density at radius 2 is 2.00 bits per heavy atom. The van der Waals surface area contributed by atoms with Gasteiger partial charge in [-0.3, -0.25) is 9.69 Å². The molecule has 0 bridgehead atoms. The number of nitrogens with one attached hydrogen (secondary N) is 1. The molecule has 2 heterocycles. The van der Waals surface area contributed by atoms with Crippen LogP contribution in [0, 0.1) is 5.92 Å². The number of aliphatic hydroxyl groups excluding tert-OH is 2. The molecular weight excluding hydrogens is 324 g/mol. The van der Waals surface area contributed by atoms with E-state index in [1.807, 2.05) is 0 Å². The molecule has 3 fully saturated rings. The van der Waals surface area contributed by atoms with Gasteiger partial charge < -0.3 is 25.0 Å². The van der Waals surface area contributed by atoms with E-state index in [1.54, 1.807) is 7.11 Å². The van der Waals surface area contributed by atoms with Crippen molar-refractivity contribution >= 4 is 5.91 Å². The zero-order valence-electron chi connectivity index (χ0n) is 15.1. The minimum absolute atomic E-state index is 0.0941. The molecule has 1 amide bonds. The molecule has 144 valence electrons. The van der Waals surface area contributed by atoms with Crippen LogP contribution in [-0.2, 0) is 14.3 Å². The van der Waals surface area contributed by atoms with E-state index in [-0.39, 0.29) is 36.6 Å². The highest BCUT2D eigenvalue weighted by atomic mass is 16.5. The van der Waals surface area contributed by atoms with Crippen LogP contribution >= 0.6 is 0 Å². The van der Waals surface area contributed by atoms with Gasteiger partial charge in [0.2, 0.25) is 5.91 Å².